The zero-order valence-corrected chi connectivity index (χ0v) is 9.05. The predicted octanol–water partition coefficient (Wildman–Crippen LogP) is 3.40. The summed E-state index contributed by atoms with van der Waals surface area (Å²) in [7, 11) is 1.37. The molecule has 0 saturated carbocycles. The largest absolute Gasteiger partial charge is 0.465 e. The van der Waals surface area contributed by atoms with E-state index >= 15 is 0 Å². The summed E-state index contributed by atoms with van der Waals surface area (Å²) < 4.78 is 5.70. The number of carbonyl (C=O) groups excluding carboxylic acids is 1. The van der Waals surface area contributed by atoms with Crippen LogP contribution < -0.4 is 0 Å². The van der Waals surface area contributed by atoms with Crippen molar-refractivity contribution in [3.63, 3.8) is 0 Å². The Morgan fingerprint density at radius 1 is 1.46 bits per heavy atom. The van der Waals surface area contributed by atoms with Crippen LogP contribution in [0.4, 0.5) is 0 Å². The average Bonchev–Trinajstić information content (AvgIpc) is 2.68. The third-order valence-corrected chi connectivity index (χ3v) is 4.22. The molecule has 0 aliphatic heterocycles. The minimum atomic E-state index is -0.327. The van der Waals surface area contributed by atoms with Crippen molar-refractivity contribution in [3.8, 4) is 0 Å². The van der Waals surface area contributed by atoms with Gasteiger partial charge in [-0.3, -0.25) is 0 Å². The molecule has 2 heterocycles. The van der Waals surface area contributed by atoms with Crippen molar-refractivity contribution in [1.82, 2.24) is 0 Å². The summed E-state index contributed by atoms with van der Waals surface area (Å²) in [6.45, 7) is 0. The van der Waals surface area contributed by atoms with E-state index in [1.165, 1.54) is 18.4 Å². The molecular formula is C8H5ClO2S2. The van der Waals surface area contributed by atoms with Crippen molar-refractivity contribution >= 4 is 49.6 Å². The molecule has 0 unspecified atom stereocenters. The first kappa shape index (κ1) is 8.99. The Labute approximate surface area is 87.7 Å². The molecule has 68 valence electrons. The van der Waals surface area contributed by atoms with Crippen LogP contribution in [0.3, 0.4) is 0 Å². The first-order valence-corrected chi connectivity index (χ1v) is 5.60. The standard InChI is InChI=1S/C8H5ClO2S2/c1-11-7(10)4-2-12-8-6(4)5(9)3-13-8/h2-3H,1H3. The number of methoxy groups -OCH3 is 1. The lowest BCUT2D eigenvalue weighted by Crippen LogP contribution is -1.98. The summed E-state index contributed by atoms with van der Waals surface area (Å²) in [4.78, 5) is 11.3. The molecule has 0 saturated heterocycles. The van der Waals surface area contributed by atoms with Crippen LogP contribution >= 0.6 is 34.3 Å². The molecule has 2 rings (SSSR count). The third-order valence-electron chi connectivity index (χ3n) is 1.67. The van der Waals surface area contributed by atoms with Gasteiger partial charge in [0.05, 0.1) is 21.7 Å². The van der Waals surface area contributed by atoms with Crippen molar-refractivity contribution in [2.24, 2.45) is 0 Å². The Balaban J connectivity index is 2.68. The smallest absolute Gasteiger partial charge is 0.339 e. The fraction of sp³-hybridized carbons (Fsp3) is 0.125. The van der Waals surface area contributed by atoms with E-state index in [0.717, 1.165) is 9.40 Å². The van der Waals surface area contributed by atoms with Crippen molar-refractivity contribution in [2.45, 2.75) is 0 Å². The fourth-order valence-corrected chi connectivity index (χ4v) is 3.47. The van der Waals surface area contributed by atoms with E-state index in [1.807, 2.05) is 5.38 Å². The highest BCUT2D eigenvalue weighted by molar-refractivity contribution is 7.37. The molecule has 0 amide bonds. The second kappa shape index (κ2) is 3.29. The maximum Gasteiger partial charge on any atom is 0.339 e. The van der Waals surface area contributed by atoms with Gasteiger partial charge in [0, 0.05) is 16.1 Å². The number of carbonyl (C=O) groups is 1. The third kappa shape index (κ3) is 1.35. The second-order valence-electron chi connectivity index (χ2n) is 2.39. The Hall–Kier alpha value is -0.580. The maximum atomic E-state index is 11.3. The molecule has 0 atom stereocenters. The molecule has 0 fully saturated rings. The number of thiophene rings is 2. The van der Waals surface area contributed by atoms with E-state index in [2.05, 4.69) is 4.74 Å². The van der Waals surface area contributed by atoms with Crippen LogP contribution in [0.1, 0.15) is 10.4 Å². The fourth-order valence-electron chi connectivity index (χ4n) is 1.08. The monoisotopic (exact) mass is 232 g/mol. The van der Waals surface area contributed by atoms with Gasteiger partial charge in [0.15, 0.2) is 0 Å². The lowest BCUT2D eigenvalue weighted by atomic mass is 10.2. The first-order chi connectivity index (χ1) is 6.24. The van der Waals surface area contributed by atoms with Gasteiger partial charge in [0.1, 0.15) is 0 Å². The zero-order valence-electron chi connectivity index (χ0n) is 6.67. The molecule has 0 spiro atoms. The molecule has 0 N–H and O–H groups in total. The Kier molecular flexibility index (Phi) is 2.27. The van der Waals surface area contributed by atoms with Gasteiger partial charge in [0.2, 0.25) is 0 Å². The second-order valence-corrected chi connectivity index (χ2v) is 4.81. The summed E-state index contributed by atoms with van der Waals surface area (Å²) in [5.74, 6) is -0.327. The normalized spacial score (nSPS) is 10.6. The molecule has 0 aliphatic carbocycles. The topological polar surface area (TPSA) is 26.3 Å². The molecule has 0 bridgehead atoms. The molecule has 2 aromatic heterocycles. The summed E-state index contributed by atoms with van der Waals surface area (Å²) in [5, 5.41) is 5.05. The lowest BCUT2D eigenvalue weighted by molar-refractivity contribution is 0.0603. The van der Waals surface area contributed by atoms with Gasteiger partial charge in [-0.2, -0.15) is 0 Å². The lowest BCUT2D eigenvalue weighted by Gasteiger charge is -1.94. The molecule has 0 aliphatic rings. The van der Waals surface area contributed by atoms with E-state index in [4.69, 9.17) is 11.6 Å². The van der Waals surface area contributed by atoms with Gasteiger partial charge in [-0.05, 0) is 0 Å². The number of fused-ring (bicyclic) bond motifs is 1. The molecule has 0 radical (unpaired) electrons. The van der Waals surface area contributed by atoms with Crippen molar-refractivity contribution in [3.05, 3.63) is 21.3 Å². The zero-order chi connectivity index (χ0) is 9.42. The maximum absolute atomic E-state index is 11.3. The van der Waals surface area contributed by atoms with Crippen molar-refractivity contribution in [1.29, 1.82) is 0 Å². The quantitative estimate of drug-likeness (QED) is 0.705. The van der Waals surface area contributed by atoms with Gasteiger partial charge in [0.25, 0.3) is 0 Å². The number of hydrogen-bond donors (Lipinski definition) is 0. The molecule has 2 aromatic rings. The molecule has 13 heavy (non-hydrogen) atoms. The van der Waals surface area contributed by atoms with Crippen LogP contribution in [-0.4, -0.2) is 13.1 Å². The SMILES string of the molecule is COC(=O)c1csc2scc(Cl)c12. The van der Waals surface area contributed by atoms with Crippen molar-refractivity contribution in [2.75, 3.05) is 7.11 Å². The highest BCUT2D eigenvalue weighted by Gasteiger charge is 2.16. The summed E-state index contributed by atoms with van der Waals surface area (Å²) >= 11 is 8.98. The van der Waals surface area contributed by atoms with E-state index in [0.29, 0.717) is 10.6 Å². The number of rotatable bonds is 1. The Morgan fingerprint density at radius 2 is 2.15 bits per heavy atom. The van der Waals surface area contributed by atoms with Crippen LogP contribution in [-0.2, 0) is 4.74 Å². The molecule has 5 heteroatoms. The van der Waals surface area contributed by atoms with Crippen LogP contribution in [0.15, 0.2) is 10.8 Å². The van der Waals surface area contributed by atoms with Crippen LogP contribution in [0, 0.1) is 0 Å². The summed E-state index contributed by atoms with van der Waals surface area (Å²) in [6, 6.07) is 0. The predicted molar refractivity (Wildman–Crippen MR) is 56.1 cm³/mol. The van der Waals surface area contributed by atoms with Gasteiger partial charge in [-0.15, -0.1) is 22.7 Å². The van der Waals surface area contributed by atoms with Crippen LogP contribution in [0.5, 0.6) is 0 Å². The van der Waals surface area contributed by atoms with Crippen molar-refractivity contribution < 1.29 is 9.53 Å². The minimum absolute atomic E-state index is 0.327. The summed E-state index contributed by atoms with van der Waals surface area (Å²) in [6.07, 6.45) is 0. The molecular weight excluding hydrogens is 228 g/mol. The highest BCUT2D eigenvalue weighted by atomic mass is 35.5. The number of ether oxygens (including phenoxy) is 1. The van der Waals surface area contributed by atoms with E-state index in [1.54, 1.807) is 16.7 Å². The number of esters is 1. The van der Waals surface area contributed by atoms with Gasteiger partial charge in [-0.25, -0.2) is 4.79 Å². The first-order valence-electron chi connectivity index (χ1n) is 3.46. The van der Waals surface area contributed by atoms with E-state index in [9.17, 15) is 4.79 Å². The summed E-state index contributed by atoms with van der Waals surface area (Å²) in [5.41, 5.74) is 0.564. The van der Waals surface area contributed by atoms with Crippen LogP contribution in [0.2, 0.25) is 5.02 Å². The van der Waals surface area contributed by atoms with Gasteiger partial charge >= 0.3 is 5.97 Å². The van der Waals surface area contributed by atoms with Gasteiger partial charge < -0.3 is 4.74 Å². The minimum Gasteiger partial charge on any atom is -0.465 e. The van der Waals surface area contributed by atoms with Gasteiger partial charge in [-0.1, -0.05) is 11.6 Å². The Bertz CT molecular complexity index is 458. The van der Waals surface area contributed by atoms with Crippen LogP contribution in [0.25, 0.3) is 9.40 Å². The highest BCUT2D eigenvalue weighted by Crippen LogP contribution is 2.37. The Morgan fingerprint density at radius 3 is 2.85 bits per heavy atom. The molecule has 2 nitrogen and oxygen atoms in total. The average molecular weight is 233 g/mol. The van der Waals surface area contributed by atoms with E-state index < -0.39 is 0 Å². The number of hydrogen-bond acceptors (Lipinski definition) is 4. The number of halogens is 1. The van der Waals surface area contributed by atoms with E-state index in [-0.39, 0.29) is 5.97 Å². The molecule has 0 aromatic carbocycles.